The summed E-state index contributed by atoms with van der Waals surface area (Å²) in [5.74, 6) is 0.327. The van der Waals surface area contributed by atoms with Crippen LogP contribution in [0, 0.1) is 27.7 Å². The predicted molar refractivity (Wildman–Crippen MR) is 196 cm³/mol. The number of nitrogen functional groups attached to an aromatic ring is 1. The highest BCUT2D eigenvalue weighted by Gasteiger charge is 2.21. The third-order valence-corrected chi connectivity index (χ3v) is 9.90. The van der Waals surface area contributed by atoms with E-state index in [1.54, 1.807) is 6.07 Å². The van der Waals surface area contributed by atoms with Gasteiger partial charge in [0.15, 0.2) is 5.78 Å². The average Bonchev–Trinajstić information content (AvgIpc) is 2.98. The molecular weight excluding hydrogens is 688 g/mol. The molecule has 1 aromatic heterocycles. The number of aliphatic hydroxyl groups is 1. The molecule has 7 rings (SSSR count). The molecule has 0 saturated carbocycles. The maximum absolute atomic E-state index is 11.6. The number of Topliss-reactive ketones (excluding diaryl/α,β-unsaturated/α-hetero) is 1. The van der Waals surface area contributed by atoms with E-state index in [0.717, 1.165) is 57.7 Å². The van der Waals surface area contributed by atoms with Gasteiger partial charge in [0.05, 0.1) is 17.8 Å². The van der Waals surface area contributed by atoms with E-state index in [9.17, 15) is 4.79 Å². The summed E-state index contributed by atoms with van der Waals surface area (Å²) in [6.45, 7) is 8.51. The number of fused-ring (bicyclic) bond motifs is 5. The number of rotatable bonds is 1. The maximum atomic E-state index is 11.6. The molecule has 0 saturated heterocycles. The zero-order chi connectivity index (χ0) is 31.5. The summed E-state index contributed by atoms with van der Waals surface area (Å²) < 4.78 is 1.98. The number of ketones is 1. The molecule has 4 aromatic carbocycles. The average molecular weight is 731 g/mol. The lowest BCUT2D eigenvalue weighted by molar-refractivity contribution is 0.0972. The standard InChI is InChI=1S/C19H16BrN.C12H14O.C7H8BrNO.CH4/c1-11-8-12(2)14-7-6-13-10-16-17(20)4-3-5-18(16)21-19(13)15(14)9-11;1-8-6-9(2)10-4-3-5-12(13)11(10)7-8;8-6-2-1-3-7(9)5(6)4-10;/h3-5,8-10H,6-7H2,1-2H3;6-7H,3-5H2,1-2H3;1-3,10H,4,9H2;1H4. The first-order valence-corrected chi connectivity index (χ1v) is 16.6. The molecule has 45 heavy (non-hydrogen) atoms. The van der Waals surface area contributed by atoms with Gasteiger partial charge in [0.2, 0.25) is 0 Å². The molecule has 1 heterocycles. The highest BCUT2D eigenvalue weighted by atomic mass is 79.9. The van der Waals surface area contributed by atoms with E-state index in [1.807, 2.05) is 18.2 Å². The van der Waals surface area contributed by atoms with Gasteiger partial charge in [-0.2, -0.15) is 0 Å². The maximum Gasteiger partial charge on any atom is 0.163 e. The van der Waals surface area contributed by atoms with E-state index in [2.05, 4.69) is 102 Å². The van der Waals surface area contributed by atoms with E-state index in [-0.39, 0.29) is 14.0 Å². The van der Waals surface area contributed by atoms with Crippen LogP contribution < -0.4 is 5.73 Å². The Kier molecular flexibility index (Phi) is 11.4. The van der Waals surface area contributed by atoms with Crippen molar-refractivity contribution >= 4 is 54.2 Å². The molecule has 0 aliphatic heterocycles. The van der Waals surface area contributed by atoms with Gasteiger partial charge >= 0.3 is 0 Å². The molecular formula is C39H42Br2N2O2. The normalized spacial score (nSPS) is 12.8. The number of halogens is 2. The Morgan fingerprint density at radius 2 is 1.40 bits per heavy atom. The molecule has 0 radical (unpaired) electrons. The minimum Gasteiger partial charge on any atom is -0.398 e. The molecule has 6 heteroatoms. The lowest BCUT2D eigenvalue weighted by Crippen LogP contribution is -2.12. The van der Waals surface area contributed by atoms with Crippen molar-refractivity contribution in [3.63, 3.8) is 0 Å². The van der Waals surface area contributed by atoms with Gasteiger partial charge in [-0.3, -0.25) is 4.79 Å². The minimum absolute atomic E-state index is 0. The molecule has 2 aliphatic carbocycles. The fraction of sp³-hybridized carbons (Fsp3) is 0.282. The van der Waals surface area contributed by atoms with Crippen LogP contribution in [0.2, 0.25) is 0 Å². The number of benzene rings is 4. The third kappa shape index (κ3) is 7.57. The Bertz CT molecular complexity index is 1860. The van der Waals surface area contributed by atoms with Crippen LogP contribution in [0.5, 0.6) is 0 Å². The van der Waals surface area contributed by atoms with Crippen LogP contribution in [-0.2, 0) is 25.9 Å². The van der Waals surface area contributed by atoms with Crippen LogP contribution >= 0.6 is 31.9 Å². The lowest BCUT2D eigenvalue weighted by atomic mass is 9.85. The van der Waals surface area contributed by atoms with Gasteiger partial charge in [-0.25, -0.2) is 4.98 Å². The van der Waals surface area contributed by atoms with E-state index < -0.39 is 0 Å². The highest BCUT2D eigenvalue weighted by Crippen LogP contribution is 2.37. The Morgan fingerprint density at radius 1 is 0.778 bits per heavy atom. The quantitative estimate of drug-likeness (QED) is 0.168. The van der Waals surface area contributed by atoms with E-state index in [4.69, 9.17) is 15.8 Å². The van der Waals surface area contributed by atoms with Gasteiger partial charge < -0.3 is 10.8 Å². The number of aryl methyl sites for hydroxylation is 5. The second-order valence-corrected chi connectivity index (χ2v) is 13.5. The second kappa shape index (κ2) is 14.8. The van der Waals surface area contributed by atoms with Gasteiger partial charge in [0.1, 0.15) is 0 Å². The van der Waals surface area contributed by atoms with Crippen molar-refractivity contribution in [2.24, 2.45) is 0 Å². The molecule has 0 atom stereocenters. The zero-order valence-electron chi connectivity index (χ0n) is 25.7. The van der Waals surface area contributed by atoms with Gasteiger partial charge in [0, 0.05) is 43.1 Å². The zero-order valence-corrected chi connectivity index (χ0v) is 28.9. The SMILES string of the molecule is C.Cc1cc(C)c2c(c1)-c1nc3cccc(Br)c3cc1CC2.Cc1cc(C)c2c(c1)C(=O)CCC2.Nc1cccc(Br)c1CO. The number of carbonyl (C=O) groups excluding carboxylic acids is 1. The van der Waals surface area contributed by atoms with Crippen molar-refractivity contribution < 1.29 is 9.90 Å². The first kappa shape index (κ1) is 34.6. The number of hydrogen-bond donors (Lipinski definition) is 2. The van der Waals surface area contributed by atoms with Crippen LogP contribution in [0.15, 0.2) is 75.7 Å². The molecule has 0 unspecified atom stereocenters. The highest BCUT2D eigenvalue weighted by molar-refractivity contribution is 9.11. The second-order valence-electron chi connectivity index (χ2n) is 11.8. The fourth-order valence-electron chi connectivity index (χ4n) is 6.31. The number of carbonyl (C=O) groups is 1. The van der Waals surface area contributed by atoms with Crippen molar-refractivity contribution in [1.82, 2.24) is 4.98 Å². The largest absolute Gasteiger partial charge is 0.398 e. The van der Waals surface area contributed by atoms with Crippen molar-refractivity contribution in [2.75, 3.05) is 5.73 Å². The first-order valence-electron chi connectivity index (χ1n) is 15.0. The smallest absolute Gasteiger partial charge is 0.163 e. The predicted octanol–water partition coefficient (Wildman–Crippen LogP) is 10.4. The molecule has 234 valence electrons. The van der Waals surface area contributed by atoms with Crippen molar-refractivity contribution in [3.05, 3.63) is 126 Å². The molecule has 4 nitrogen and oxygen atoms in total. The Balaban J connectivity index is 0.000000165. The summed E-state index contributed by atoms with van der Waals surface area (Å²) in [4.78, 5) is 16.6. The van der Waals surface area contributed by atoms with E-state index in [0.29, 0.717) is 11.5 Å². The third-order valence-electron chi connectivity index (χ3n) is 8.46. The summed E-state index contributed by atoms with van der Waals surface area (Å²) in [7, 11) is 0. The van der Waals surface area contributed by atoms with Crippen LogP contribution in [0.25, 0.3) is 22.2 Å². The molecule has 5 aromatic rings. The summed E-state index contributed by atoms with van der Waals surface area (Å²) in [6, 6.07) is 22.7. The van der Waals surface area contributed by atoms with Crippen molar-refractivity contribution in [1.29, 1.82) is 0 Å². The summed E-state index contributed by atoms with van der Waals surface area (Å²) in [5, 5.41) is 10.0. The topological polar surface area (TPSA) is 76.2 Å². The Labute approximate surface area is 284 Å². The number of aromatic nitrogens is 1. The number of nitrogens with two attached hydrogens (primary N) is 1. The lowest BCUT2D eigenvalue weighted by Gasteiger charge is -2.22. The van der Waals surface area contributed by atoms with Crippen molar-refractivity contribution in [2.45, 2.75) is 73.8 Å². The van der Waals surface area contributed by atoms with Gasteiger partial charge in [-0.05, 0) is 124 Å². The number of anilines is 1. The van der Waals surface area contributed by atoms with Gasteiger partial charge in [-0.15, -0.1) is 0 Å². The van der Waals surface area contributed by atoms with Crippen LogP contribution in [0.1, 0.15) is 75.1 Å². The number of hydrogen-bond acceptors (Lipinski definition) is 4. The van der Waals surface area contributed by atoms with Gasteiger partial charge in [0.25, 0.3) is 0 Å². The van der Waals surface area contributed by atoms with Crippen LogP contribution in [-0.4, -0.2) is 15.9 Å². The molecule has 0 fully saturated rings. The summed E-state index contributed by atoms with van der Waals surface area (Å²) >= 11 is 6.91. The Morgan fingerprint density at radius 3 is 2.04 bits per heavy atom. The molecule has 3 N–H and O–H groups in total. The van der Waals surface area contributed by atoms with Crippen LogP contribution in [0.3, 0.4) is 0 Å². The fourth-order valence-corrected chi connectivity index (χ4v) is 7.28. The van der Waals surface area contributed by atoms with Crippen molar-refractivity contribution in [3.8, 4) is 11.3 Å². The van der Waals surface area contributed by atoms with E-state index in [1.165, 1.54) is 55.6 Å². The first-order chi connectivity index (χ1) is 21.1. The summed E-state index contributed by atoms with van der Waals surface area (Å²) in [5.41, 5.74) is 20.8. The van der Waals surface area contributed by atoms with E-state index >= 15 is 0 Å². The molecule has 0 spiro atoms. The van der Waals surface area contributed by atoms with Crippen LogP contribution in [0.4, 0.5) is 5.69 Å². The number of pyridine rings is 1. The monoisotopic (exact) mass is 728 g/mol. The molecule has 0 amide bonds. The Hall–Kier alpha value is -3.32. The molecule has 0 bridgehead atoms. The van der Waals surface area contributed by atoms with Gasteiger partial charge in [-0.1, -0.05) is 74.7 Å². The summed E-state index contributed by atoms with van der Waals surface area (Å²) in [6.07, 6.45) is 5.03. The number of aliphatic hydroxyl groups excluding tert-OH is 1. The minimum atomic E-state index is -0.0206. The molecule has 2 aliphatic rings. The number of nitrogens with zero attached hydrogens (tertiary/aromatic N) is 1.